The van der Waals surface area contributed by atoms with Crippen LogP contribution in [0.15, 0.2) is 24.4 Å². The maximum atomic E-state index is 12.6. The van der Waals surface area contributed by atoms with Gasteiger partial charge in [0, 0.05) is 32.4 Å². The van der Waals surface area contributed by atoms with Crippen molar-refractivity contribution in [1.82, 2.24) is 9.88 Å². The van der Waals surface area contributed by atoms with Gasteiger partial charge >= 0.3 is 0 Å². The molecule has 0 aliphatic carbocycles. The first-order chi connectivity index (χ1) is 12.2. The Balaban J connectivity index is 1.38. The number of aromatic nitrogens is 1. The number of thioether (sulfide) groups is 1. The number of piperazine rings is 1. The van der Waals surface area contributed by atoms with Crippen molar-refractivity contribution in [2.75, 3.05) is 56.7 Å². The van der Waals surface area contributed by atoms with Gasteiger partial charge in [0.05, 0.1) is 31.2 Å². The number of nitrogens with zero attached hydrogens (tertiary/aromatic N) is 3. The molecule has 0 bridgehead atoms. The molecule has 0 aromatic carbocycles. The van der Waals surface area contributed by atoms with Gasteiger partial charge in [-0.1, -0.05) is 6.07 Å². The van der Waals surface area contributed by atoms with E-state index in [1.807, 2.05) is 36.2 Å². The lowest BCUT2D eigenvalue weighted by Crippen LogP contribution is -2.51. The van der Waals surface area contributed by atoms with E-state index in [-0.39, 0.29) is 17.3 Å². The van der Waals surface area contributed by atoms with Crippen molar-refractivity contribution in [1.29, 1.82) is 0 Å². The summed E-state index contributed by atoms with van der Waals surface area (Å²) in [6.07, 6.45) is 2.94. The largest absolute Gasteiger partial charge is 0.376 e. The number of carbonyl (C=O) groups is 1. The summed E-state index contributed by atoms with van der Waals surface area (Å²) in [7, 11) is 0. The number of amides is 1. The minimum absolute atomic E-state index is 0.00842. The van der Waals surface area contributed by atoms with Gasteiger partial charge in [0.1, 0.15) is 5.82 Å². The van der Waals surface area contributed by atoms with Gasteiger partial charge in [-0.15, -0.1) is 11.8 Å². The van der Waals surface area contributed by atoms with E-state index in [4.69, 9.17) is 9.47 Å². The lowest BCUT2D eigenvalue weighted by molar-refractivity contribution is -0.130. The molecule has 1 aromatic heterocycles. The number of hydrogen-bond donors (Lipinski definition) is 0. The predicted molar refractivity (Wildman–Crippen MR) is 100 cm³/mol. The first-order valence-corrected chi connectivity index (χ1v) is 10.0. The molecule has 2 aliphatic heterocycles. The van der Waals surface area contributed by atoms with Gasteiger partial charge < -0.3 is 19.3 Å². The van der Waals surface area contributed by atoms with Crippen molar-refractivity contribution < 1.29 is 14.3 Å². The van der Waals surface area contributed by atoms with Crippen molar-refractivity contribution >= 4 is 23.5 Å². The Kier molecular flexibility index (Phi) is 6.95. The molecule has 0 saturated carbocycles. The molecule has 3 heterocycles. The van der Waals surface area contributed by atoms with Crippen molar-refractivity contribution in [2.24, 2.45) is 0 Å². The second-order valence-corrected chi connectivity index (χ2v) is 7.82. The summed E-state index contributed by atoms with van der Waals surface area (Å²) >= 11 is 1.72. The minimum atomic E-state index is -0.00842. The van der Waals surface area contributed by atoms with E-state index in [2.05, 4.69) is 9.88 Å². The predicted octanol–water partition coefficient (Wildman–Crippen LogP) is 1.66. The van der Waals surface area contributed by atoms with Gasteiger partial charge in [0.25, 0.3) is 0 Å². The van der Waals surface area contributed by atoms with Crippen LogP contribution in [-0.2, 0) is 14.3 Å². The smallest absolute Gasteiger partial charge is 0.235 e. The Labute approximate surface area is 153 Å². The highest BCUT2D eigenvalue weighted by Crippen LogP contribution is 2.19. The average Bonchev–Trinajstić information content (AvgIpc) is 2.69. The van der Waals surface area contributed by atoms with Gasteiger partial charge in [0.15, 0.2) is 0 Å². The second kappa shape index (κ2) is 9.40. The van der Waals surface area contributed by atoms with Crippen LogP contribution in [0.2, 0.25) is 0 Å². The highest BCUT2D eigenvalue weighted by atomic mass is 32.2. The Hall–Kier alpha value is -1.31. The lowest BCUT2D eigenvalue weighted by Gasteiger charge is -2.36. The number of rotatable bonds is 6. The van der Waals surface area contributed by atoms with Crippen LogP contribution in [0, 0.1) is 0 Å². The van der Waals surface area contributed by atoms with Crippen LogP contribution in [-0.4, -0.2) is 78.9 Å². The van der Waals surface area contributed by atoms with Gasteiger partial charge in [-0.3, -0.25) is 4.79 Å². The first-order valence-electron chi connectivity index (χ1n) is 9.00. The number of ether oxygens (including phenoxy) is 2. The molecule has 7 heteroatoms. The summed E-state index contributed by atoms with van der Waals surface area (Å²) < 4.78 is 11.1. The van der Waals surface area contributed by atoms with Gasteiger partial charge in [-0.05, 0) is 31.2 Å². The fourth-order valence-corrected chi connectivity index (χ4v) is 4.15. The molecule has 1 amide bonds. The molecular formula is C18H27N3O3S. The summed E-state index contributed by atoms with van der Waals surface area (Å²) in [6, 6.07) is 5.94. The summed E-state index contributed by atoms with van der Waals surface area (Å²) in [4.78, 5) is 21.2. The standard InChI is InChI=1S/C18H27N3O3S/c1-15(25-13-5-16-14-23-11-12-24-16)18(22)21-9-7-20(8-10-21)17-4-2-3-6-19-17/h2-4,6,15-16H,5,7-14H2,1H3. The van der Waals surface area contributed by atoms with Crippen LogP contribution in [0.5, 0.6) is 0 Å². The van der Waals surface area contributed by atoms with Crippen molar-refractivity contribution in [3.63, 3.8) is 0 Å². The molecule has 0 radical (unpaired) electrons. The second-order valence-electron chi connectivity index (χ2n) is 6.37. The molecule has 25 heavy (non-hydrogen) atoms. The van der Waals surface area contributed by atoms with E-state index in [1.165, 1.54) is 0 Å². The molecule has 2 atom stereocenters. The van der Waals surface area contributed by atoms with Gasteiger partial charge in [0.2, 0.25) is 5.91 Å². The monoisotopic (exact) mass is 365 g/mol. The molecule has 0 N–H and O–H groups in total. The number of hydrogen-bond acceptors (Lipinski definition) is 6. The zero-order chi connectivity index (χ0) is 17.5. The quantitative estimate of drug-likeness (QED) is 0.764. The summed E-state index contributed by atoms with van der Waals surface area (Å²) in [5.74, 6) is 2.16. The van der Waals surface area contributed by atoms with Gasteiger partial charge in [-0.2, -0.15) is 0 Å². The van der Waals surface area contributed by atoms with E-state index in [0.29, 0.717) is 19.8 Å². The van der Waals surface area contributed by atoms with Crippen LogP contribution in [0.1, 0.15) is 13.3 Å². The topological polar surface area (TPSA) is 54.9 Å². The highest BCUT2D eigenvalue weighted by molar-refractivity contribution is 8.00. The SMILES string of the molecule is CC(SCCC1COCCO1)C(=O)N1CCN(c2ccccn2)CC1. The molecule has 2 aliphatic rings. The molecule has 3 rings (SSSR count). The normalized spacial score (nSPS) is 22.7. The molecule has 2 fully saturated rings. The Bertz CT molecular complexity index is 532. The summed E-state index contributed by atoms with van der Waals surface area (Å²) in [6.45, 7) is 7.28. The van der Waals surface area contributed by atoms with E-state index < -0.39 is 0 Å². The lowest BCUT2D eigenvalue weighted by atomic mass is 10.2. The number of anilines is 1. The number of pyridine rings is 1. The van der Waals surface area contributed by atoms with E-state index in [0.717, 1.165) is 44.2 Å². The molecule has 6 nitrogen and oxygen atoms in total. The first kappa shape index (κ1) is 18.5. The Morgan fingerprint density at radius 2 is 2.16 bits per heavy atom. The maximum absolute atomic E-state index is 12.6. The fraction of sp³-hybridized carbons (Fsp3) is 0.667. The van der Waals surface area contributed by atoms with Crippen LogP contribution < -0.4 is 4.90 Å². The van der Waals surface area contributed by atoms with Crippen LogP contribution in [0.25, 0.3) is 0 Å². The molecule has 1 aromatic rings. The van der Waals surface area contributed by atoms with Crippen LogP contribution >= 0.6 is 11.8 Å². The average molecular weight is 365 g/mol. The van der Waals surface area contributed by atoms with E-state index >= 15 is 0 Å². The molecule has 2 saturated heterocycles. The molecule has 0 spiro atoms. The fourth-order valence-electron chi connectivity index (χ4n) is 3.10. The molecular weight excluding hydrogens is 338 g/mol. The van der Waals surface area contributed by atoms with Crippen molar-refractivity contribution in [2.45, 2.75) is 24.7 Å². The molecule has 2 unspecified atom stereocenters. The summed E-state index contributed by atoms with van der Waals surface area (Å²) in [5, 5.41) is -0.00842. The van der Waals surface area contributed by atoms with E-state index in [9.17, 15) is 4.79 Å². The minimum Gasteiger partial charge on any atom is -0.376 e. The highest BCUT2D eigenvalue weighted by Gasteiger charge is 2.26. The number of carbonyl (C=O) groups excluding carboxylic acids is 1. The van der Waals surface area contributed by atoms with Crippen molar-refractivity contribution in [3.8, 4) is 0 Å². The van der Waals surface area contributed by atoms with Crippen LogP contribution in [0.3, 0.4) is 0 Å². The zero-order valence-corrected chi connectivity index (χ0v) is 15.6. The third kappa shape index (κ3) is 5.33. The third-order valence-corrected chi connectivity index (χ3v) is 5.78. The van der Waals surface area contributed by atoms with Gasteiger partial charge in [-0.25, -0.2) is 4.98 Å². The Morgan fingerprint density at radius 1 is 1.32 bits per heavy atom. The maximum Gasteiger partial charge on any atom is 0.235 e. The zero-order valence-electron chi connectivity index (χ0n) is 14.8. The Morgan fingerprint density at radius 3 is 2.84 bits per heavy atom. The molecule has 138 valence electrons. The summed E-state index contributed by atoms with van der Waals surface area (Å²) in [5.41, 5.74) is 0. The van der Waals surface area contributed by atoms with E-state index in [1.54, 1.807) is 11.8 Å². The van der Waals surface area contributed by atoms with Crippen LogP contribution in [0.4, 0.5) is 5.82 Å². The van der Waals surface area contributed by atoms with Crippen molar-refractivity contribution in [3.05, 3.63) is 24.4 Å². The third-order valence-electron chi connectivity index (χ3n) is 4.61.